The lowest BCUT2D eigenvalue weighted by Crippen LogP contribution is -2.45. The molecule has 1 fully saturated rings. The van der Waals surface area contributed by atoms with Gasteiger partial charge in [-0.05, 0) is 31.0 Å². The molecule has 96 valence electrons. The van der Waals surface area contributed by atoms with Crippen molar-refractivity contribution in [2.24, 2.45) is 5.73 Å². The number of hydrogen-bond acceptors (Lipinski definition) is 4. The van der Waals surface area contributed by atoms with Gasteiger partial charge in [-0.3, -0.25) is 0 Å². The van der Waals surface area contributed by atoms with E-state index in [0.29, 0.717) is 0 Å². The largest absolute Gasteiger partial charge is 0.405 e. The third-order valence-electron chi connectivity index (χ3n) is 3.29. The number of rotatable bonds is 3. The second kappa shape index (κ2) is 5.69. The number of likely N-dealkylation sites (N-methyl/N-ethyl adjacent to an activating group) is 1. The molecule has 1 aromatic rings. The molecule has 2 rings (SSSR count). The molecule has 0 aliphatic carbocycles. The minimum Gasteiger partial charge on any atom is -0.405 e. The van der Waals surface area contributed by atoms with Gasteiger partial charge in [0.05, 0.1) is 0 Å². The average molecular weight is 244 g/mol. The van der Waals surface area contributed by atoms with Gasteiger partial charge in [-0.15, -0.1) is 0 Å². The van der Waals surface area contributed by atoms with E-state index in [1.54, 1.807) is 6.20 Å². The molecule has 0 atom stereocenters. The van der Waals surface area contributed by atoms with E-state index < -0.39 is 0 Å². The molecule has 0 spiro atoms. The Morgan fingerprint density at radius 1 is 1.33 bits per heavy atom. The molecule has 0 unspecified atom stereocenters. The van der Waals surface area contributed by atoms with Crippen LogP contribution in [-0.4, -0.2) is 43.1 Å². The highest BCUT2D eigenvalue weighted by atomic mass is 15.3. The average Bonchev–Trinajstić information content (AvgIpc) is 2.40. The zero-order chi connectivity index (χ0) is 13.0. The summed E-state index contributed by atoms with van der Waals surface area (Å²) in [6.45, 7) is 7.96. The van der Waals surface area contributed by atoms with Crippen molar-refractivity contribution in [2.75, 3.05) is 38.1 Å². The highest BCUT2D eigenvalue weighted by Gasteiger charge is 2.18. The summed E-state index contributed by atoms with van der Waals surface area (Å²) >= 11 is 0. The van der Waals surface area contributed by atoms with E-state index >= 15 is 0 Å². The van der Waals surface area contributed by atoms with Gasteiger partial charge in [-0.2, -0.15) is 0 Å². The first-order chi connectivity index (χ1) is 8.76. The normalized spacial score (nSPS) is 17.3. The van der Waals surface area contributed by atoms with Crippen LogP contribution in [0.5, 0.6) is 0 Å². The Kier molecular flexibility index (Phi) is 3.99. The molecule has 1 aromatic heterocycles. The van der Waals surface area contributed by atoms with E-state index in [2.05, 4.69) is 28.4 Å². The summed E-state index contributed by atoms with van der Waals surface area (Å²) in [4.78, 5) is 9.14. The highest BCUT2D eigenvalue weighted by Crippen LogP contribution is 2.24. The van der Waals surface area contributed by atoms with Gasteiger partial charge < -0.3 is 15.5 Å². The fraction of sp³-hybridized carbons (Fsp3) is 0.357. The van der Waals surface area contributed by atoms with E-state index in [0.717, 1.165) is 43.1 Å². The topological polar surface area (TPSA) is 45.4 Å². The molecule has 0 amide bonds. The molecule has 0 aromatic carbocycles. The van der Waals surface area contributed by atoms with Crippen molar-refractivity contribution in [3.05, 3.63) is 36.2 Å². The molecule has 0 radical (unpaired) electrons. The second-order valence-corrected chi connectivity index (χ2v) is 4.49. The predicted molar refractivity (Wildman–Crippen MR) is 77.3 cm³/mol. The number of nitrogens with two attached hydrogens (primary N) is 1. The van der Waals surface area contributed by atoms with Gasteiger partial charge in [-0.1, -0.05) is 12.7 Å². The molecule has 1 aliphatic heterocycles. The molecule has 2 heterocycles. The van der Waals surface area contributed by atoms with Crippen LogP contribution >= 0.6 is 0 Å². The van der Waals surface area contributed by atoms with Crippen LogP contribution in [0.2, 0.25) is 0 Å². The molecular weight excluding hydrogens is 224 g/mol. The van der Waals surface area contributed by atoms with Gasteiger partial charge in [0.25, 0.3) is 0 Å². The van der Waals surface area contributed by atoms with Crippen LogP contribution in [0.15, 0.2) is 25.0 Å². The Morgan fingerprint density at radius 3 is 2.67 bits per heavy atom. The number of piperazine rings is 1. The lowest BCUT2D eigenvalue weighted by molar-refractivity contribution is 0.312. The lowest BCUT2D eigenvalue weighted by atomic mass is 10.1. The summed E-state index contributed by atoms with van der Waals surface area (Å²) in [5.74, 6) is 1.00. The summed E-state index contributed by atoms with van der Waals surface area (Å²) in [7, 11) is 2.14. The maximum atomic E-state index is 5.54. The summed E-state index contributed by atoms with van der Waals surface area (Å²) in [6.07, 6.45) is 7.14. The number of nitrogens with zero attached hydrogens (tertiary/aromatic N) is 3. The van der Waals surface area contributed by atoms with Crippen LogP contribution in [-0.2, 0) is 0 Å². The molecule has 4 nitrogen and oxygen atoms in total. The maximum absolute atomic E-state index is 5.54. The molecule has 0 bridgehead atoms. The summed E-state index contributed by atoms with van der Waals surface area (Å²) in [5.41, 5.74) is 7.66. The van der Waals surface area contributed by atoms with E-state index in [1.165, 1.54) is 0 Å². The first-order valence-corrected chi connectivity index (χ1v) is 6.19. The van der Waals surface area contributed by atoms with E-state index in [4.69, 9.17) is 5.73 Å². The van der Waals surface area contributed by atoms with Crippen LogP contribution in [0.1, 0.15) is 11.1 Å². The minimum absolute atomic E-state index is 0.996. The van der Waals surface area contributed by atoms with Crippen LogP contribution in [0, 0.1) is 0 Å². The van der Waals surface area contributed by atoms with E-state index in [-0.39, 0.29) is 0 Å². The molecular formula is C14H20N4. The SMILES string of the molecule is C=Cc1ccnc(N2CCN(C)CC2)c1/C=C\N. The summed E-state index contributed by atoms with van der Waals surface area (Å²) in [5, 5.41) is 0. The Balaban J connectivity index is 2.34. The van der Waals surface area contributed by atoms with Gasteiger partial charge in [0, 0.05) is 37.9 Å². The Bertz CT molecular complexity index is 445. The van der Waals surface area contributed by atoms with Crippen molar-refractivity contribution in [1.82, 2.24) is 9.88 Å². The van der Waals surface area contributed by atoms with Crippen molar-refractivity contribution >= 4 is 18.0 Å². The first kappa shape index (κ1) is 12.6. The third-order valence-corrected chi connectivity index (χ3v) is 3.29. The number of pyridine rings is 1. The number of hydrogen-bond donors (Lipinski definition) is 1. The first-order valence-electron chi connectivity index (χ1n) is 6.19. The predicted octanol–water partition coefficient (Wildman–Crippen LogP) is 1.41. The summed E-state index contributed by atoms with van der Waals surface area (Å²) in [6, 6.07) is 1.96. The molecule has 1 aliphatic rings. The van der Waals surface area contributed by atoms with Crippen LogP contribution in [0.3, 0.4) is 0 Å². The second-order valence-electron chi connectivity index (χ2n) is 4.49. The van der Waals surface area contributed by atoms with Crippen LogP contribution < -0.4 is 10.6 Å². The Labute approximate surface area is 108 Å². The molecule has 4 heteroatoms. The zero-order valence-corrected chi connectivity index (χ0v) is 10.8. The van der Waals surface area contributed by atoms with Gasteiger partial charge in [-0.25, -0.2) is 4.98 Å². The van der Waals surface area contributed by atoms with Crippen molar-refractivity contribution < 1.29 is 0 Å². The van der Waals surface area contributed by atoms with Crippen LogP contribution in [0.25, 0.3) is 12.2 Å². The van der Waals surface area contributed by atoms with Crippen molar-refractivity contribution in [3.8, 4) is 0 Å². The third kappa shape index (κ3) is 2.54. The maximum Gasteiger partial charge on any atom is 0.136 e. The van der Waals surface area contributed by atoms with Crippen molar-refractivity contribution in [2.45, 2.75) is 0 Å². The van der Waals surface area contributed by atoms with Gasteiger partial charge >= 0.3 is 0 Å². The number of aromatic nitrogens is 1. The smallest absolute Gasteiger partial charge is 0.136 e. The quantitative estimate of drug-likeness (QED) is 0.873. The van der Waals surface area contributed by atoms with E-state index in [9.17, 15) is 0 Å². The lowest BCUT2D eigenvalue weighted by Gasteiger charge is -2.34. The Morgan fingerprint density at radius 2 is 2.06 bits per heavy atom. The summed E-state index contributed by atoms with van der Waals surface area (Å²) < 4.78 is 0. The molecule has 2 N–H and O–H groups in total. The van der Waals surface area contributed by atoms with Crippen molar-refractivity contribution in [1.29, 1.82) is 0 Å². The number of anilines is 1. The van der Waals surface area contributed by atoms with Crippen LogP contribution in [0.4, 0.5) is 5.82 Å². The highest BCUT2D eigenvalue weighted by molar-refractivity contribution is 5.73. The van der Waals surface area contributed by atoms with Crippen molar-refractivity contribution in [3.63, 3.8) is 0 Å². The zero-order valence-electron chi connectivity index (χ0n) is 10.8. The van der Waals surface area contributed by atoms with E-state index in [1.807, 2.05) is 24.4 Å². The standard InChI is InChI=1S/C14H20N4/c1-3-12-5-7-16-14(13(12)4-6-15)18-10-8-17(2)9-11-18/h3-7H,1,8-11,15H2,2H3/b6-4-. The van der Waals surface area contributed by atoms with Gasteiger partial charge in [0.1, 0.15) is 5.82 Å². The minimum atomic E-state index is 0.996. The fourth-order valence-corrected chi connectivity index (χ4v) is 2.19. The Hall–Kier alpha value is -1.81. The molecule has 18 heavy (non-hydrogen) atoms. The monoisotopic (exact) mass is 244 g/mol. The molecule has 0 saturated carbocycles. The van der Waals surface area contributed by atoms with Gasteiger partial charge in [0.2, 0.25) is 0 Å². The fourth-order valence-electron chi connectivity index (χ4n) is 2.19. The molecule has 1 saturated heterocycles. The van der Waals surface area contributed by atoms with Gasteiger partial charge in [0.15, 0.2) is 0 Å².